The molecule has 0 radical (unpaired) electrons. The van der Waals surface area contributed by atoms with Gasteiger partial charge in [-0.15, -0.1) is 0 Å². The number of benzene rings is 3. The lowest BCUT2D eigenvalue weighted by atomic mass is 10.0. The number of rotatable bonds is 2. The van der Waals surface area contributed by atoms with Gasteiger partial charge in [0.15, 0.2) is 0 Å². The Bertz CT molecular complexity index is 966. The summed E-state index contributed by atoms with van der Waals surface area (Å²) in [5.74, 6) is 0. The predicted molar refractivity (Wildman–Crippen MR) is 86.6 cm³/mol. The van der Waals surface area contributed by atoms with Gasteiger partial charge in [-0.05, 0) is 17.7 Å². The van der Waals surface area contributed by atoms with E-state index in [1.165, 1.54) is 10.8 Å². The standard InChI is InChI=1S/C19H13NO/c21-12-13-5-3-6-14(11-13)15-8-4-9-17-16-7-1-2-10-18(16)20-19(15)17/h1-12,20H. The van der Waals surface area contributed by atoms with Crippen LogP contribution in [0.1, 0.15) is 10.4 Å². The highest BCUT2D eigenvalue weighted by atomic mass is 16.1. The van der Waals surface area contributed by atoms with Gasteiger partial charge in [0.2, 0.25) is 0 Å². The van der Waals surface area contributed by atoms with E-state index >= 15 is 0 Å². The summed E-state index contributed by atoms with van der Waals surface area (Å²) in [6.45, 7) is 0. The average molecular weight is 271 g/mol. The summed E-state index contributed by atoms with van der Waals surface area (Å²) in [5.41, 5.74) is 5.11. The van der Waals surface area contributed by atoms with Crippen LogP contribution < -0.4 is 0 Å². The molecule has 3 aromatic carbocycles. The van der Waals surface area contributed by atoms with Gasteiger partial charge in [0.25, 0.3) is 0 Å². The minimum absolute atomic E-state index is 0.695. The third-order valence-electron chi connectivity index (χ3n) is 3.88. The number of hydrogen-bond acceptors (Lipinski definition) is 1. The number of aldehydes is 1. The average Bonchev–Trinajstić information content (AvgIpc) is 2.93. The first-order valence-electron chi connectivity index (χ1n) is 6.92. The number of para-hydroxylation sites is 2. The number of nitrogens with one attached hydrogen (secondary N) is 1. The summed E-state index contributed by atoms with van der Waals surface area (Å²) in [5, 5.41) is 2.43. The van der Waals surface area contributed by atoms with Crippen molar-refractivity contribution in [1.29, 1.82) is 0 Å². The van der Waals surface area contributed by atoms with Crippen LogP contribution >= 0.6 is 0 Å². The minimum atomic E-state index is 0.695. The lowest BCUT2D eigenvalue weighted by Crippen LogP contribution is -1.84. The summed E-state index contributed by atoms with van der Waals surface area (Å²) < 4.78 is 0. The van der Waals surface area contributed by atoms with Crippen LogP contribution in [0.25, 0.3) is 32.9 Å². The first-order chi connectivity index (χ1) is 10.4. The fourth-order valence-electron chi connectivity index (χ4n) is 2.89. The van der Waals surface area contributed by atoms with Gasteiger partial charge in [0.1, 0.15) is 6.29 Å². The molecule has 0 fully saturated rings. The Morgan fingerprint density at radius 3 is 2.52 bits per heavy atom. The molecule has 2 heteroatoms. The van der Waals surface area contributed by atoms with Gasteiger partial charge < -0.3 is 4.98 Å². The van der Waals surface area contributed by atoms with Crippen molar-refractivity contribution in [2.45, 2.75) is 0 Å². The summed E-state index contributed by atoms with van der Waals surface area (Å²) in [6, 6.07) is 22.3. The summed E-state index contributed by atoms with van der Waals surface area (Å²) in [7, 11) is 0. The normalized spacial score (nSPS) is 11.0. The maximum absolute atomic E-state index is 11.0. The second-order valence-corrected chi connectivity index (χ2v) is 5.14. The zero-order valence-corrected chi connectivity index (χ0v) is 11.3. The number of aromatic amines is 1. The molecular formula is C19H13NO. The molecule has 100 valence electrons. The number of fused-ring (bicyclic) bond motifs is 3. The molecule has 0 aliphatic heterocycles. The Hall–Kier alpha value is -2.87. The van der Waals surface area contributed by atoms with Crippen LogP contribution in [0, 0.1) is 0 Å². The monoisotopic (exact) mass is 271 g/mol. The molecule has 0 saturated heterocycles. The van der Waals surface area contributed by atoms with Gasteiger partial charge in [-0.2, -0.15) is 0 Å². The van der Waals surface area contributed by atoms with Crippen molar-refractivity contribution in [3.8, 4) is 11.1 Å². The van der Waals surface area contributed by atoms with Gasteiger partial charge in [-0.3, -0.25) is 4.79 Å². The molecule has 1 N–H and O–H groups in total. The lowest BCUT2D eigenvalue weighted by Gasteiger charge is -2.04. The lowest BCUT2D eigenvalue weighted by molar-refractivity contribution is 0.112. The van der Waals surface area contributed by atoms with Crippen molar-refractivity contribution in [3.63, 3.8) is 0 Å². The molecule has 0 unspecified atom stereocenters. The van der Waals surface area contributed by atoms with E-state index < -0.39 is 0 Å². The van der Waals surface area contributed by atoms with Crippen LogP contribution in [0.5, 0.6) is 0 Å². The molecule has 1 heterocycles. The Morgan fingerprint density at radius 2 is 1.62 bits per heavy atom. The molecule has 21 heavy (non-hydrogen) atoms. The Kier molecular flexibility index (Phi) is 2.61. The molecule has 0 spiro atoms. The summed E-state index contributed by atoms with van der Waals surface area (Å²) in [6.07, 6.45) is 0.884. The second kappa shape index (κ2) is 4.60. The third kappa shape index (κ3) is 1.84. The van der Waals surface area contributed by atoms with Gasteiger partial charge in [-0.1, -0.05) is 54.6 Å². The topological polar surface area (TPSA) is 32.9 Å². The number of H-pyrrole nitrogens is 1. The number of carbonyl (C=O) groups excluding carboxylic acids is 1. The fraction of sp³-hybridized carbons (Fsp3) is 0. The highest BCUT2D eigenvalue weighted by Gasteiger charge is 2.09. The molecule has 0 amide bonds. The van der Waals surface area contributed by atoms with E-state index in [9.17, 15) is 4.79 Å². The van der Waals surface area contributed by atoms with Crippen molar-refractivity contribution in [2.24, 2.45) is 0 Å². The van der Waals surface area contributed by atoms with Gasteiger partial charge >= 0.3 is 0 Å². The molecule has 0 saturated carbocycles. The van der Waals surface area contributed by atoms with Crippen LogP contribution in [0.15, 0.2) is 66.7 Å². The zero-order chi connectivity index (χ0) is 14.2. The van der Waals surface area contributed by atoms with Crippen molar-refractivity contribution >= 4 is 28.1 Å². The van der Waals surface area contributed by atoms with E-state index in [1.54, 1.807) is 0 Å². The molecular weight excluding hydrogens is 258 g/mol. The third-order valence-corrected chi connectivity index (χ3v) is 3.88. The number of hydrogen-bond donors (Lipinski definition) is 1. The highest BCUT2D eigenvalue weighted by Crippen LogP contribution is 2.33. The van der Waals surface area contributed by atoms with Gasteiger partial charge in [-0.25, -0.2) is 0 Å². The molecule has 0 bridgehead atoms. The van der Waals surface area contributed by atoms with E-state index in [-0.39, 0.29) is 0 Å². The minimum Gasteiger partial charge on any atom is -0.354 e. The van der Waals surface area contributed by atoms with Crippen LogP contribution in [0.4, 0.5) is 0 Å². The Labute approximate surface area is 122 Å². The second-order valence-electron chi connectivity index (χ2n) is 5.14. The number of carbonyl (C=O) groups is 1. The molecule has 2 nitrogen and oxygen atoms in total. The zero-order valence-electron chi connectivity index (χ0n) is 11.3. The van der Waals surface area contributed by atoms with Crippen molar-refractivity contribution in [3.05, 3.63) is 72.3 Å². The molecule has 0 atom stereocenters. The molecule has 1 aromatic heterocycles. The van der Waals surface area contributed by atoms with Crippen molar-refractivity contribution in [2.75, 3.05) is 0 Å². The molecule has 0 aliphatic rings. The molecule has 4 aromatic rings. The summed E-state index contributed by atoms with van der Waals surface area (Å²) in [4.78, 5) is 14.5. The van der Waals surface area contributed by atoms with E-state index in [0.717, 1.165) is 28.4 Å². The van der Waals surface area contributed by atoms with E-state index in [2.05, 4.69) is 41.4 Å². The maximum Gasteiger partial charge on any atom is 0.150 e. The van der Waals surface area contributed by atoms with Crippen molar-refractivity contribution < 1.29 is 4.79 Å². The SMILES string of the molecule is O=Cc1cccc(-c2cccc3c2[nH]c2ccccc23)c1. The largest absolute Gasteiger partial charge is 0.354 e. The summed E-state index contributed by atoms with van der Waals surface area (Å²) >= 11 is 0. The van der Waals surface area contributed by atoms with E-state index in [4.69, 9.17) is 0 Å². The first-order valence-corrected chi connectivity index (χ1v) is 6.92. The number of aromatic nitrogens is 1. The van der Waals surface area contributed by atoms with Gasteiger partial charge in [0.05, 0.1) is 5.52 Å². The Morgan fingerprint density at radius 1 is 0.810 bits per heavy atom. The van der Waals surface area contributed by atoms with Crippen molar-refractivity contribution in [1.82, 2.24) is 4.98 Å². The van der Waals surface area contributed by atoms with E-state index in [1.807, 2.05) is 30.3 Å². The smallest absolute Gasteiger partial charge is 0.150 e. The van der Waals surface area contributed by atoms with Crippen LogP contribution in [0.2, 0.25) is 0 Å². The quantitative estimate of drug-likeness (QED) is 0.522. The predicted octanol–water partition coefficient (Wildman–Crippen LogP) is 4.80. The van der Waals surface area contributed by atoms with E-state index in [0.29, 0.717) is 5.56 Å². The van der Waals surface area contributed by atoms with Gasteiger partial charge in [0, 0.05) is 27.4 Å². The van der Waals surface area contributed by atoms with Crippen LogP contribution in [-0.4, -0.2) is 11.3 Å². The van der Waals surface area contributed by atoms with Crippen LogP contribution in [-0.2, 0) is 0 Å². The maximum atomic E-state index is 11.0. The molecule has 0 aliphatic carbocycles. The Balaban J connectivity index is 2.06. The van der Waals surface area contributed by atoms with Crippen LogP contribution in [0.3, 0.4) is 0 Å². The first kappa shape index (κ1) is 11.9. The highest BCUT2D eigenvalue weighted by molar-refractivity contribution is 6.11. The molecule has 4 rings (SSSR count). The fourth-order valence-corrected chi connectivity index (χ4v) is 2.89.